The Hall–Kier alpha value is -6.42. The van der Waals surface area contributed by atoms with E-state index in [-0.39, 0.29) is 5.41 Å². The minimum Gasteiger partial charge on any atom is -0.228 e. The Bertz CT molecular complexity index is 3130. The topological polar surface area (TPSA) is 25.8 Å². The molecular weight excluding hydrogens is 673 g/mol. The van der Waals surface area contributed by atoms with E-state index in [9.17, 15) is 0 Å². The second-order valence-electron chi connectivity index (χ2n) is 14.9. The van der Waals surface area contributed by atoms with Gasteiger partial charge >= 0.3 is 0 Å². The molecule has 0 spiro atoms. The summed E-state index contributed by atoms with van der Waals surface area (Å²) in [7, 11) is 0. The van der Waals surface area contributed by atoms with E-state index in [2.05, 4.69) is 184 Å². The van der Waals surface area contributed by atoms with Gasteiger partial charge in [0.05, 0.1) is 11.4 Å². The molecule has 0 radical (unpaired) electrons. The Morgan fingerprint density at radius 1 is 0.444 bits per heavy atom. The van der Waals surface area contributed by atoms with Gasteiger partial charge in [0.2, 0.25) is 0 Å². The van der Waals surface area contributed by atoms with Gasteiger partial charge in [0.25, 0.3) is 0 Å². The van der Waals surface area contributed by atoms with Crippen LogP contribution in [0.3, 0.4) is 0 Å². The highest BCUT2D eigenvalue weighted by molar-refractivity contribution is 7.25. The van der Waals surface area contributed by atoms with Crippen molar-refractivity contribution in [2.24, 2.45) is 0 Å². The summed E-state index contributed by atoms with van der Waals surface area (Å²) in [6.07, 6.45) is 0. The quantitative estimate of drug-likeness (QED) is 0.182. The van der Waals surface area contributed by atoms with Crippen molar-refractivity contribution < 1.29 is 0 Å². The van der Waals surface area contributed by atoms with Crippen molar-refractivity contribution in [3.8, 4) is 56.2 Å². The van der Waals surface area contributed by atoms with Crippen molar-refractivity contribution in [1.29, 1.82) is 0 Å². The third-order valence-corrected chi connectivity index (χ3v) is 12.6. The van der Waals surface area contributed by atoms with Crippen LogP contribution in [0.2, 0.25) is 0 Å². The Balaban J connectivity index is 1.14. The van der Waals surface area contributed by atoms with Crippen LogP contribution in [0, 0.1) is 0 Å². The monoisotopic (exact) mass is 706 g/mol. The van der Waals surface area contributed by atoms with E-state index in [4.69, 9.17) is 9.97 Å². The van der Waals surface area contributed by atoms with Gasteiger partial charge in [0.1, 0.15) is 0 Å². The van der Waals surface area contributed by atoms with Crippen LogP contribution in [0.1, 0.15) is 25.0 Å². The summed E-state index contributed by atoms with van der Waals surface area (Å²) in [6, 6.07) is 61.5. The number of rotatable bonds is 4. The van der Waals surface area contributed by atoms with E-state index < -0.39 is 0 Å². The highest BCUT2D eigenvalue weighted by Crippen LogP contribution is 2.55. The molecule has 0 fully saturated rings. The van der Waals surface area contributed by atoms with Gasteiger partial charge in [-0.05, 0) is 79.2 Å². The van der Waals surface area contributed by atoms with Gasteiger partial charge in [-0.3, -0.25) is 0 Å². The Morgan fingerprint density at radius 3 is 1.93 bits per heavy atom. The summed E-state index contributed by atoms with van der Waals surface area (Å²) < 4.78 is 2.55. The third kappa shape index (κ3) is 4.58. The lowest BCUT2D eigenvalue weighted by Crippen LogP contribution is -2.15. The van der Waals surface area contributed by atoms with Crippen molar-refractivity contribution in [3.05, 3.63) is 181 Å². The fourth-order valence-corrected chi connectivity index (χ4v) is 10.2. The molecule has 2 nitrogen and oxygen atoms in total. The van der Waals surface area contributed by atoms with Crippen LogP contribution in [0.4, 0.5) is 0 Å². The number of hydrogen-bond donors (Lipinski definition) is 0. The zero-order chi connectivity index (χ0) is 36.0. The first kappa shape index (κ1) is 31.1. The number of thiophene rings is 1. The summed E-state index contributed by atoms with van der Waals surface area (Å²) in [5.74, 6) is 0.724. The van der Waals surface area contributed by atoms with E-state index in [1.165, 1.54) is 69.7 Å². The van der Waals surface area contributed by atoms with Crippen LogP contribution in [-0.2, 0) is 5.41 Å². The van der Waals surface area contributed by atoms with Crippen LogP contribution < -0.4 is 0 Å². The van der Waals surface area contributed by atoms with Crippen LogP contribution in [0.15, 0.2) is 170 Å². The van der Waals surface area contributed by atoms with Gasteiger partial charge in [-0.15, -0.1) is 11.3 Å². The maximum atomic E-state index is 5.42. The molecule has 0 bridgehead atoms. The number of benzene rings is 8. The second-order valence-corrected chi connectivity index (χ2v) is 16.0. The average molecular weight is 707 g/mol. The number of aromatic nitrogens is 2. The summed E-state index contributed by atoms with van der Waals surface area (Å²) >= 11 is 1.83. The van der Waals surface area contributed by atoms with Crippen molar-refractivity contribution >= 4 is 53.1 Å². The van der Waals surface area contributed by atoms with Gasteiger partial charge in [-0.25, -0.2) is 9.97 Å². The normalized spacial score (nSPS) is 13.1. The Kier molecular flexibility index (Phi) is 6.80. The van der Waals surface area contributed by atoms with Crippen LogP contribution in [-0.4, -0.2) is 9.97 Å². The SMILES string of the molecule is CC1(C)c2cccc(-c3ccc(-c4nc(-c5ccccc5)cc(-c5cccc6sc7ccccc7c56)n4)c4ccccc34)c2-c2ccc3ccccc3c21. The van der Waals surface area contributed by atoms with Gasteiger partial charge in [0, 0.05) is 42.3 Å². The van der Waals surface area contributed by atoms with E-state index in [1.54, 1.807) is 0 Å². The molecule has 0 atom stereocenters. The highest BCUT2D eigenvalue weighted by atomic mass is 32.1. The molecule has 2 heterocycles. The van der Waals surface area contributed by atoms with Crippen molar-refractivity contribution in [2.75, 3.05) is 0 Å². The van der Waals surface area contributed by atoms with Gasteiger partial charge in [-0.2, -0.15) is 0 Å². The molecule has 0 aliphatic heterocycles. The van der Waals surface area contributed by atoms with Crippen LogP contribution in [0.5, 0.6) is 0 Å². The lowest BCUT2D eigenvalue weighted by molar-refractivity contribution is 0.666. The minimum absolute atomic E-state index is 0.129. The molecule has 0 amide bonds. The predicted molar refractivity (Wildman–Crippen MR) is 229 cm³/mol. The van der Waals surface area contributed by atoms with Crippen molar-refractivity contribution in [3.63, 3.8) is 0 Å². The zero-order valence-corrected chi connectivity index (χ0v) is 30.8. The largest absolute Gasteiger partial charge is 0.228 e. The number of hydrogen-bond acceptors (Lipinski definition) is 3. The average Bonchev–Trinajstić information content (AvgIpc) is 3.73. The van der Waals surface area contributed by atoms with Crippen molar-refractivity contribution in [1.82, 2.24) is 9.97 Å². The van der Waals surface area contributed by atoms with E-state index >= 15 is 0 Å². The summed E-state index contributed by atoms with van der Waals surface area (Å²) in [4.78, 5) is 10.7. The fraction of sp³-hybridized carbons (Fsp3) is 0.0588. The lowest BCUT2D eigenvalue weighted by Gasteiger charge is -2.23. The Labute approximate surface area is 318 Å². The molecule has 0 saturated carbocycles. The molecule has 1 aliphatic carbocycles. The standard InChI is InChI=1S/C51H34N2S/c1-51(2)42-23-12-21-37(47(42)41-27-26-31-14-6-7-17-33(31)49(41)51)36-28-29-38(35-19-9-8-18-34(35)36)50-52-43(32-15-4-3-5-16-32)30-44(53-50)39-22-13-25-46-48(39)40-20-10-11-24-45(40)54-46/h3-30H,1-2H3. The molecule has 3 heteroatoms. The van der Waals surface area contributed by atoms with Crippen LogP contribution in [0.25, 0.3) is 97.9 Å². The smallest absolute Gasteiger partial charge is 0.161 e. The summed E-state index contributed by atoms with van der Waals surface area (Å²) in [5.41, 5.74) is 12.9. The molecule has 8 aromatic carbocycles. The second kappa shape index (κ2) is 11.8. The highest BCUT2D eigenvalue weighted by Gasteiger charge is 2.38. The molecular formula is C51H34N2S. The fourth-order valence-electron chi connectivity index (χ4n) is 9.06. The van der Waals surface area contributed by atoms with Crippen molar-refractivity contribution in [2.45, 2.75) is 19.3 Å². The molecule has 11 rings (SSSR count). The van der Waals surface area contributed by atoms with E-state index in [0.29, 0.717) is 0 Å². The molecule has 0 saturated heterocycles. The number of fused-ring (bicyclic) bond motifs is 9. The third-order valence-electron chi connectivity index (χ3n) is 11.5. The Morgan fingerprint density at radius 2 is 1.07 bits per heavy atom. The van der Waals surface area contributed by atoms with Gasteiger partial charge in [-0.1, -0.05) is 159 Å². The summed E-state index contributed by atoms with van der Waals surface area (Å²) in [5, 5.41) is 7.46. The van der Waals surface area contributed by atoms with Gasteiger partial charge in [0.15, 0.2) is 5.82 Å². The predicted octanol–water partition coefficient (Wildman–Crippen LogP) is 14.1. The number of nitrogens with zero attached hydrogens (tertiary/aromatic N) is 2. The first-order valence-corrected chi connectivity index (χ1v) is 19.4. The molecule has 54 heavy (non-hydrogen) atoms. The summed E-state index contributed by atoms with van der Waals surface area (Å²) in [6.45, 7) is 4.76. The molecule has 0 N–H and O–H groups in total. The zero-order valence-electron chi connectivity index (χ0n) is 30.0. The molecule has 1 aliphatic rings. The minimum atomic E-state index is -0.129. The maximum Gasteiger partial charge on any atom is 0.161 e. The molecule has 254 valence electrons. The lowest BCUT2D eigenvalue weighted by atomic mass is 9.80. The maximum absolute atomic E-state index is 5.42. The first-order chi connectivity index (χ1) is 26.5. The van der Waals surface area contributed by atoms with E-state index in [1.807, 2.05) is 11.3 Å². The first-order valence-electron chi connectivity index (χ1n) is 18.6. The molecule has 10 aromatic rings. The van der Waals surface area contributed by atoms with Crippen LogP contribution >= 0.6 is 11.3 Å². The molecule has 2 aromatic heterocycles. The molecule has 0 unspecified atom stereocenters. The van der Waals surface area contributed by atoms with Gasteiger partial charge < -0.3 is 0 Å². The van der Waals surface area contributed by atoms with E-state index in [0.717, 1.165) is 39.3 Å².